The Hall–Kier alpha value is -0.0800. The van der Waals surface area contributed by atoms with Gasteiger partial charge >= 0.3 is 0 Å². The summed E-state index contributed by atoms with van der Waals surface area (Å²) in [6, 6.07) is 0. The van der Waals surface area contributed by atoms with Crippen molar-refractivity contribution in [3.05, 3.63) is 0 Å². The number of rotatable bonds is 0. The van der Waals surface area contributed by atoms with Crippen molar-refractivity contribution in [2.24, 2.45) is 5.41 Å². The van der Waals surface area contributed by atoms with E-state index in [2.05, 4.69) is 13.8 Å². The molecule has 0 unspecified atom stereocenters. The quantitative estimate of drug-likeness (QED) is 0.520. The van der Waals surface area contributed by atoms with E-state index in [1.54, 1.807) is 0 Å². The van der Waals surface area contributed by atoms with Gasteiger partial charge in [-0.05, 0) is 0 Å². The minimum absolute atomic E-state index is 0.234. The van der Waals surface area contributed by atoms with E-state index in [0.717, 1.165) is 13.2 Å². The third-order valence-electron chi connectivity index (χ3n) is 1.15. The monoisotopic (exact) mass is 146 g/mol. The molecule has 0 N–H and O–H groups in total. The molecule has 1 saturated heterocycles. The highest BCUT2D eigenvalue weighted by atomic mass is 16.7. The highest BCUT2D eigenvalue weighted by Crippen LogP contribution is 2.18. The van der Waals surface area contributed by atoms with E-state index in [9.17, 15) is 0 Å². The van der Waals surface area contributed by atoms with Gasteiger partial charge in [0.05, 0.1) is 13.2 Å². The number of hydrogen-bond acceptors (Lipinski definition) is 2. The van der Waals surface area contributed by atoms with Crippen molar-refractivity contribution in [1.82, 2.24) is 0 Å². The van der Waals surface area contributed by atoms with Crippen LogP contribution >= 0.6 is 0 Å². The molecule has 0 aromatic heterocycles. The summed E-state index contributed by atoms with van der Waals surface area (Å²) in [5.74, 6) is 0. The molecule has 2 nitrogen and oxygen atoms in total. The predicted octanol–water partition coefficient (Wildman–Crippen LogP) is 2.04. The SMILES string of the molecule is CC.CC1(C)COCOC1. The van der Waals surface area contributed by atoms with Crippen molar-refractivity contribution in [3.63, 3.8) is 0 Å². The van der Waals surface area contributed by atoms with E-state index in [0.29, 0.717) is 6.79 Å². The van der Waals surface area contributed by atoms with Crippen molar-refractivity contribution in [2.45, 2.75) is 27.7 Å². The summed E-state index contributed by atoms with van der Waals surface area (Å²) < 4.78 is 10.1. The van der Waals surface area contributed by atoms with Crippen molar-refractivity contribution in [3.8, 4) is 0 Å². The molecule has 0 atom stereocenters. The Balaban J connectivity index is 0.000000371. The smallest absolute Gasteiger partial charge is 0.146 e. The largest absolute Gasteiger partial charge is 0.355 e. The molecule has 1 fully saturated rings. The summed E-state index contributed by atoms with van der Waals surface area (Å²) in [7, 11) is 0. The molecule has 0 aromatic carbocycles. The van der Waals surface area contributed by atoms with Gasteiger partial charge in [0.25, 0.3) is 0 Å². The Labute approximate surface area is 63.5 Å². The summed E-state index contributed by atoms with van der Waals surface area (Å²) in [6.45, 7) is 10.4. The van der Waals surface area contributed by atoms with Crippen LogP contribution in [0.4, 0.5) is 0 Å². The third kappa shape index (κ3) is 3.85. The summed E-state index contributed by atoms with van der Waals surface area (Å²) in [5.41, 5.74) is 0.234. The lowest BCUT2D eigenvalue weighted by Gasteiger charge is -2.28. The topological polar surface area (TPSA) is 18.5 Å². The second kappa shape index (κ2) is 4.69. The van der Waals surface area contributed by atoms with Crippen molar-refractivity contribution < 1.29 is 9.47 Å². The van der Waals surface area contributed by atoms with Crippen LogP contribution in [0.1, 0.15) is 27.7 Å². The molecule has 0 spiro atoms. The van der Waals surface area contributed by atoms with Crippen LogP contribution in [-0.4, -0.2) is 20.0 Å². The Morgan fingerprint density at radius 3 is 1.60 bits per heavy atom. The lowest BCUT2D eigenvalue weighted by Crippen LogP contribution is -2.31. The van der Waals surface area contributed by atoms with Gasteiger partial charge in [0.2, 0.25) is 0 Å². The highest BCUT2D eigenvalue weighted by molar-refractivity contribution is 4.67. The Kier molecular flexibility index (Phi) is 4.65. The van der Waals surface area contributed by atoms with Gasteiger partial charge in [0.1, 0.15) is 6.79 Å². The van der Waals surface area contributed by atoms with E-state index < -0.39 is 0 Å². The molecule has 0 bridgehead atoms. The molecule has 1 heterocycles. The average molecular weight is 146 g/mol. The first-order valence-electron chi connectivity index (χ1n) is 3.86. The molecule has 0 amide bonds. The Morgan fingerprint density at radius 1 is 1.00 bits per heavy atom. The van der Waals surface area contributed by atoms with Crippen LogP contribution in [0.2, 0.25) is 0 Å². The van der Waals surface area contributed by atoms with Gasteiger partial charge in [-0.25, -0.2) is 0 Å². The van der Waals surface area contributed by atoms with Gasteiger partial charge in [-0.1, -0.05) is 27.7 Å². The maximum atomic E-state index is 5.06. The zero-order chi connectivity index (χ0) is 8.04. The molecule has 0 saturated carbocycles. The van der Waals surface area contributed by atoms with Crippen LogP contribution in [0.3, 0.4) is 0 Å². The predicted molar refractivity (Wildman–Crippen MR) is 41.9 cm³/mol. The maximum absolute atomic E-state index is 5.06. The molecule has 1 aliphatic rings. The third-order valence-corrected chi connectivity index (χ3v) is 1.15. The van der Waals surface area contributed by atoms with Crippen LogP contribution in [0.25, 0.3) is 0 Å². The first-order chi connectivity index (χ1) is 4.71. The second-order valence-electron chi connectivity index (χ2n) is 2.98. The molecular weight excluding hydrogens is 128 g/mol. The molecule has 0 aromatic rings. The van der Waals surface area contributed by atoms with Gasteiger partial charge in [-0.15, -0.1) is 0 Å². The first-order valence-corrected chi connectivity index (χ1v) is 3.86. The number of ether oxygens (including phenoxy) is 2. The van der Waals surface area contributed by atoms with Crippen LogP contribution in [0.5, 0.6) is 0 Å². The first kappa shape index (κ1) is 9.92. The Bertz CT molecular complexity index is 71.3. The fourth-order valence-corrected chi connectivity index (χ4v) is 0.737. The molecule has 10 heavy (non-hydrogen) atoms. The van der Waals surface area contributed by atoms with E-state index in [-0.39, 0.29) is 5.41 Å². The van der Waals surface area contributed by atoms with Crippen molar-refractivity contribution in [1.29, 1.82) is 0 Å². The fourth-order valence-electron chi connectivity index (χ4n) is 0.737. The number of hydrogen-bond donors (Lipinski definition) is 0. The standard InChI is InChI=1S/C6H12O2.C2H6/c1-6(2)3-7-5-8-4-6;1-2/h3-5H2,1-2H3;1-2H3. The van der Waals surface area contributed by atoms with Crippen molar-refractivity contribution >= 4 is 0 Å². The molecule has 1 aliphatic heterocycles. The van der Waals surface area contributed by atoms with Crippen LogP contribution in [0.15, 0.2) is 0 Å². The van der Waals surface area contributed by atoms with E-state index in [1.165, 1.54) is 0 Å². The highest BCUT2D eigenvalue weighted by Gasteiger charge is 2.21. The van der Waals surface area contributed by atoms with Gasteiger partial charge in [-0.3, -0.25) is 0 Å². The summed E-state index contributed by atoms with van der Waals surface area (Å²) in [5, 5.41) is 0. The van der Waals surface area contributed by atoms with Crippen LogP contribution < -0.4 is 0 Å². The second-order valence-corrected chi connectivity index (χ2v) is 2.98. The van der Waals surface area contributed by atoms with E-state index in [1.807, 2.05) is 13.8 Å². The fraction of sp³-hybridized carbons (Fsp3) is 1.00. The molecule has 2 heteroatoms. The van der Waals surface area contributed by atoms with Gasteiger partial charge in [-0.2, -0.15) is 0 Å². The van der Waals surface area contributed by atoms with E-state index in [4.69, 9.17) is 9.47 Å². The van der Waals surface area contributed by atoms with E-state index >= 15 is 0 Å². The minimum Gasteiger partial charge on any atom is -0.355 e. The lowest BCUT2D eigenvalue weighted by atomic mass is 9.96. The maximum Gasteiger partial charge on any atom is 0.146 e. The van der Waals surface area contributed by atoms with Gasteiger partial charge in [0.15, 0.2) is 0 Å². The summed E-state index contributed by atoms with van der Waals surface area (Å²) >= 11 is 0. The normalized spacial score (nSPS) is 22.8. The van der Waals surface area contributed by atoms with Crippen molar-refractivity contribution in [2.75, 3.05) is 20.0 Å². The lowest BCUT2D eigenvalue weighted by molar-refractivity contribution is -0.153. The van der Waals surface area contributed by atoms with Crippen LogP contribution in [0, 0.1) is 5.41 Å². The minimum atomic E-state index is 0.234. The van der Waals surface area contributed by atoms with Gasteiger partial charge < -0.3 is 9.47 Å². The van der Waals surface area contributed by atoms with Crippen LogP contribution in [-0.2, 0) is 9.47 Å². The summed E-state index contributed by atoms with van der Waals surface area (Å²) in [6.07, 6.45) is 0. The zero-order valence-corrected chi connectivity index (χ0v) is 7.44. The zero-order valence-electron chi connectivity index (χ0n) is 7.44. The molecule has 0 radical (unpaired) electrons. The summed E-state index contributed by atoms with van der Waals surface area (Å²) in [4.78, 5) is 0. The molecule has 62 valence electrons. The molecule has 1 rings (SSSR count). The molecular formula is C8H18O2. The Morgan fingerprint density at radius 2 is 1.40 bits per heavy atom. The average Bonchev–Trinajstić information content (AvgIpc) is 1.92. The molecule has 0 aliphatic carbocycles. The van der Waals surface area contributed by atoms with Gasteiger partial charge in [0, 0.05) is 5.41 Å².